The molecule has 0 aliphatic heterocycles. The Morgan fingerprint density at radius 2 is 1.75 bits per heavy atom. The van der Waals surface area contributed by atoms with E-state index in [1.165, 1.54) is 21.3 Å². The molecule has 0 amide bonds. The second-order valence-corrected chi connectivity index (χ2v) is 5.72. The van der Waals surface area contributed by atoms with Crippen molar-refractivity contribution in [2.24, 2.45) is 0 Å². The SMILES string of the molecule is Cc1ccc(-c2cn3c(n2)sc2ccccc23)cc1.[Br-]. The van der Waals surface area contributed by atoms with Gasteiger partial charge in [-0.15, -0.1) is 0 Å². The molecule has 0 radical (unpaired) electrons. The summed E-state index contributed by atoms with van der Waals surface area (Å²) in [5.74, 6) is 0. The number of thiazole rings is 1. The number of rotatable bonds is 1. The maximum absolute atomic E-state index is 4.73. The van der Waals surface area contributed by atoms with Crippen LogP contribution in [0, 0.1) is 6.92 Å². The maximum atomic E-state index is 4.73. The minimum Gasteiger partial charge on any atom is -1.00 e. The zero-order valence-corrected chi connectivity index (χ0v) is 13.3. The van der Waals surface area contributed by atoms with Gasteiger partial charge in [0, 0.05) is 11.8 Å². The summed E-state index contributed by atoms with van der Waals surface area (Å²) in [5.41, 5.74) is 4.71. The van der Waals surface area contributed by atoms with Gasteiger partial charge in [-0.25, -0.2) is 4.98 Å². The van der Waals surface area contributed by atoms with Gasteiger partial charge in [0.25, 0.3) is 0 Å². The van der Waals surface area contributed by atoms with Gasteiger partial charge in [-0.1, -0.05) is 53.3 Å². The standard InChI is InChI=1S/C16H12N2S.BrH/c1-11-6-8-12(9-7-11)13-10-18-14-4-2-3-5-15(14)19-16(18)17-13;/h2-10H,1H3;1H/p-1. The lowest BCUT2D eigenvalue weighted by Crippen LogP contribution is -3.00. The van der Waals surface area contributed by atoms with Gasteiger partial charge in [-0.3, -0.25) is 4.40 Å². The van der Waals surface area contributed by atoms with E-state index >= 15 is 0 Å². The number of fused-ring (bicyclic) bond motifs is 3. The van der Waals surface area contributed by atoms with Crippen LogP contribution in [0.3, 0.4) is 0 Å². The predicted octanol–water partition coefficient (Wildman–Crippen LogP) is 1.53. The van der Waals surface area contributed by atoms with Crippen molar-refractivity contribution < 1.29 is 17.0 Å². The zero-order valence-electron chi connectivity index (χ0n) is 10.9. The predicted molar refractivity (Wildman–Crippen MR) is 80.7 cm³/mol. The van der Waals surface area contributed by atoms with E-state index < -0.39 is 0 Å². The molecule has 4 aromatic rings. The third kappa shape index (κ3) is 2.05. The normalized spacial score (nSPS) is 10.8. The first-order valence-electron chi connectivity index (χ1n) is 6.25. The number of benzene rings is 2. The molecule has 20 heavy (non-hydrogen) atoms. The van der Waals surface area contributed by atoms with Crippen LogP contribution in [0.25, 0.3) is 26.4 Å². The van der Waals surface area contributed by atoms with E-state index in [4.69, 9.17) is 4.98 Å². The molecule has 0 bridgehead atoms. The van der Waals surface area contributed by atoms with Crippen LogP contribution in [0.5, 0.6) is 0 Å². The fourth-order valence-corrected chi connectivity index (χ4v) is 3.32. The van der Waals surface area contributed by atoms with E-state index in [2.05, 4.69) is 66.1 Å². The molecule has 0 fully saturated rings. The Morgan fingerprint density at radius 3 is 2.55 bits per heavy atom. The Hall–Kier alpha value is -1.65. The average Bonchev–Trinajstić information content (AvgIpc) is 2.97. The van der Waals surface area contributed by atoms with Crippen LogP contribution in [0.15, 0.2) is 54.7 Å². The molecule has 2 aromatic carbocycles. The van der Waals surface area contributed by atoms with Gasteiger partial charge in [0.05, 0.1) is 15.9 Å². The molecule has 4 heteroatoms. The summed E-state index contributed by atoms with van der Waals surface area (Å²) in [5, 5.41) is 0. The van der Waals surface area contributed by atoms with Gasteiger partial charge in [-0.05, 0) is 19.1 Å². The van der Waals surface area contributed by atoms with Crippen LogP contribution < -0.4 is 17.0 Å². The molecule has 0 atom stereocenters. The molecule has 0 N–H and O–H groups in total. The third-order valence-corrected chi connectivity index (χ3v) is 4.38. The number of halogens is 1. The molecular formula is C16H12BrN2S-. The molecule has 0 unspecified atom stereocenters. The van der Waals surface area contributed by atoms with Crippen LogP contribution in [0.2, 0.25) is 0 Å². The van der Waals surface area contributed by atoms with Gasteiger partial charge in [0.2, 0.25) is 0 Å². The zero-order chi connectivity index (χ0) is 12.8. The second kappa shape index (κ2) is 5.04. The third-order valence-electron chi connectivity index (χ3n) is 3.35. The van der Waals surface area contributed by atoms with Gasteiger partial charge in [-0.2, -0.15) is 0 Å². The summed E-state index contributed by atoms with van der Waals surface area (Å²) in [4.78, 5) is 5.78. The van der Waals surface area contributed by atoms with E-state index in [0.29, 0.717) is 0 Å². The summed E-state index contributed by atoms with van der Waals surface area (Å²) in [6, 6.07) is 16.9. The van der Waals surface area contributed by atoms with Gasteiger partial charge >= 0.3 is 0 Å². The van der Waals surface area contributed by atoms with E-state index in [1.54, 1.807) is 11.3 Å². The Morgan fingerprint density at radius 1 is 1.00 bits per heavy atom. The first kappa shape index (κ1) is 13.3. The number of nitrogens with zero attached hydrogens (tertiary/aromatic N) is 2. The van der Waals surface area contributed by atoms with E-state index in [1.807, 2.05) is 0 Å². The van der Waals surface area contributed by atoms with E-state index in [9.17, 15) is 0 Å². The number of hydrogen-bond donors (Lipinski definition) is 0. The van der Waals surface area contributed by atoms with Gasteiger partial charge < -0.3 is 17.0 Å². The lowest BCUT2D eigenvalue weighted by atomic mass is 10.1. The fourth-order valence-electron chi connectivity index (χ4n) is 2.31. The Balaban J connectivity index is 0.00000121. The summed E-state index contributed by atoms with van der Waals surface area (Å²) < 4.78 is 3.45. The number of aromatic nitrogens is 2. The molecule has 0 aliphatic rings. The Kier molecular flexibility index (Phi) is 3.36. The topological polar surface area (TPSA) is 17.3 Å². The number of para-hydroxylation sites is 1. The highest BCUT2D eigenvalue weighted by molar-refractivity contribution is 7.23. The molecule has 100 valence electrons. The highest BCUT2D eigenvalue weighted by atomic mass is 79.9. The largest absolute Gasteiger partial charge is 1.00 e. The summed E-state index contributed by atoms with van der Waals surface area (Å²) in [6.45, 7) is 2.10. The van der Waals surface area contributed by atoms with Crippen LogP contribution in [0.1, 0.15) is 5.56 Å². The molecule has 4 rings (SSSR count). The van der Waals surface area contributed by atoms with Crippen molar-refractivity contribution in [1.29, 1.82) is 0 Å². The van der Waals surface area contributed by atoms with Crippen molar-refractivity contribution >= 4 is 26.5 Å². The van der Waals surface area contributed by atoms with Crippen LogP contribution >= 0.6 is 11.3 Å². The smallest absolute Gasteiger partial charge is 0.195 e. The second-order valence-electron chi connectivity index (χ2n) is 4.71. The molecule has 2 nitrogen and oxygen atoms in total. The van der Waals surface area contributed by atoms with E-state index in [0.717, 1.165) is 10.7 Å². The molecule has 0 saturated carbocycles. The lowest BCUT2D eigenvalue weighted by Gasteiger charge is -1.96. The van der Waals surface area contributed by atoms with Crippen LogP contribution in [-0.2, 0) is 0 Å². The van der Waals surface area contributed by atoms with Crippen molar-refractivity contribution in [3.05, 3.63) is 60.3 Å². The number of aryl methyl sites for hydroxylation is 1. The number of hydrogen-bond acceptors (Lipinski definition) is 2. The monoisotopic (exact) mass is 343 g/mol. The van der Waals surface area contributed by atoms with Crippen molar-refractivity contribution in [3.8, 4) is 11.3 Å². The average molecular weight is 344 g/mol. The van der Waals surface area contributed by atoms with Crippen molar-refractivity contribution in [3.63, 3.8) is 0 Å². The maximum Gasteiger partial charge on any atom is 0.195 e. The molecular weight excluding hydrogens is 332 g/mol. The minimum absolute atomic E-state index is 0. The summed E-state index contributed by atoms with van der Waals surface area (Å²) in [7, 11) is 0. The van der Waals surface area contributed by atoms with Crippen molar-refractivity contribution in [1.82, 2.24) is 9.38 Å². The summed E-state index contributed by atoms with van der Waals surface area (Å²) >= 11 is 1.73. The fraction of sp³-hybridized carbons (Fsp3) is 0.0625. The minimum atomic E-state index is 0. The molecule has 2 heterocycles. The number of imidazole rings is 1. The van der Waals surface area contributed by atoms with Crippen LogP contribution in [-0.4, -0.2) is 9.38 Å². The quantitative estimate of drug-likeness (QED) is 0.512. The lowest BCUT2D eigenvalue weighted by molar-refractivity contribution is -0.00000374. The van der Waals surface area contributed by atoms with Crippen LogP contribution in [0.4, 0.5) is 0 Å². The van der Waals surface area contributed by atoms with Gasteiger partial charge in [0.1, 0.15) is 0 Å². The molecule has 0 aliphatic carbocycles. The molecule has 0 saturated heterocycles. The van der Waals surface area contributed by atoms with E-state index in [-0.39, 0.29) is 17.0 Å². The molecule has 0 spiro atoms. The van der Waals surface area contributed by atoms with Crippen molar-refractivity contribution in [2.45, 2.75) is 6.92 Å². The highest BCUT2D eigenvalue weighted by Gasteiger charge is 2.09. The first-order valence-corrected chi connectivity index (χ1v) is 7.06. The van der Waals surface area contributed by atoms with Crippen molar-refractivity contribution in [2.75, 3.05) is 0 Å². The Bertz CT molecular complexity index is 874. The highest BCUT2D eigenvalue weighted by Crippen LogP contribution is 2.29. The van der Waals surface area contributed by atoms with Gasteiger partial charge in [0.15, 0.2) is 4.96 Å². The molecule has 2 aromatic heterocycles. The summed E-state index contributed by atoms with van der Waals surface area (Å²) in [6.07, 6.45) is 2.12. The Labute approximate surface area is 131 Å². The first-order chi connectivity index (χ1) is 9.31.